The number of ether oxygens (including phenoxy) is 1. The fraction of sp³-hybridized carbons (Fsp3) is 0.652. The van der Waals surface area contributed by atoms with E-state index in [-0.39, 0.29) is 0 Å². The van der Waals surface area contributed by atoms with Crippen molar-refractivity contribution in [1.29, 1.82) is 0 Å². The van der Waals surface area contributed by atoms with E-state index in [4.69, 9.17) is 32.4 Å². The molecule has 0 N–H and O–H groups in total. The van der Waals surface area contributed by atoms with Crippen LogP contribution in [0.5, 0.6) is 5.75 Å². The molecular weight excluding hydrogens is 407 g/mol. The van der Waals surface area contributed by atoms with Crippen molar-refractivity contribution in [3.05, 3.63) is 42.0 Å². The summed E-state index contributed by atoms with van der Waals surface area (Å²) in [5, 5.41) is 0. The Balaban J connectivity index is 2.14. The van der Waals surface area contributed by atoms with Gasteiger partial charge in [0, 0.05) is 6.42 Å². The molecule has 28 heavy (non-hydrogen) atoms. The van der Waals surface area contributed by atoms with Gasteiger partial charge in [-0.15, -0.1) is 0 Å². The van der Waals surface area contributed by atoms with Gasteiger partial charge < -0.3 is 9.16 Å². The zero-order chi connectivity index (χ0) is 21.2. The van der Waals surface area contributed by atoms with Gasteiger partial charge in [0.25, 0.3) is 0 Å². The van der Waals surface area contributed by atoms with Gasteiger partial charge in [0.15, 0.2) is 4.33 Å². The third kappa shape index (κ3) is 4.80. The van der Waals surface area contributed by atoms with Crippen LogP contribution in [-0.2, 0) is 10.8 Å². The van der Waals surface area contributed by atoms with Gasteiger partial charge >= 0.3 is 0 Å². The van der Waals surface area contributed by atoms with Gasteiger partial charge in [-0.05, 0) is 47.2 Å². The molecule has 0 saturated heterocycles. The number of aryl methyl sites for hydroxylation is 1. The first-order chi connectivity index (χ1) is 13.0. The number of benzene rings is 1. The smallest absolute Gasteiger partial charge is 0.201 e. The fourth-order valence-electron chi connectivity index (χ4n) is 4.63. The van der Waals surface area contributed by atoms with E-state index in [1.54, 1.807) is 7.11 Å². The van der Waals surface area contributed by atoms with Crippen LogP contribution in [0.15, 0.2) is 36.4 Å². The molecule has 2 rings (SSSR count). The number of hydrogen-bond donors (Lipinski definition) is 0. The number of halogens is 2. The standard InChI is InChI=1S/C23H36Cl2O2Si/c1-17(2)28(18(3)4,19(5)6)27-22(16-23(22,24)25)14-9-8-11-20-12-10-13-21(15-20)26-7/h9-10,12-15,17-19H,8,11,16H2,1-7H3/b14-9+. The summed E-state index contributed by atoms with van der Waals surface area (Å²) in [7, 11) is -0.366. The molecule has 5 heteroatoms. The number of hydrogen-bond acceptors (Lipinski definition) is 2. The summed E-state index contributed by atoms with van der Waals surface area (Å²) < 4.78 is 11.5. The van der Waals surface area contributed by atoms with Crippen molar-refractivity contribution >= 4 is 31.5 Å². The van der Waals surface area contributed by atoms with Gasteiger partial charge in [0.1, 0.15) is 11.4 Å². The predicted molar refractivity (Wildman–Crippen MR) is 124 cm³/mol. The highest BCUT2D eigenvalue weighted by Crippen LogP contribution is 2.63. The monoisotopic (exact) mass is 442 g/mol. The lowest BCUT2D eigenvalue weighted by atomic mass is 10.1. The van der Waals surface area contributed by atoms with Gasteiger partial charge in [0.05, 0.1) is 7.11 Å². The molecule has 1 unspecified atom stereocenters. The van der Waals surface area contributed by atoms with Crippen LogP contribution in [0.1, 0.15) is 59.9 Å². The molecule has 1 atom stereocenters. The lowest BCUT2D eigenvalue weighted by molar-refractivity contribution is 0.194. The highest BCUT2D eigenvalue weighted by atomic mass is 35.5. The molecular formula is C23H36Cl2O2Si. The van der Waals surface area contributed by atoms with E-state index in [0.29, 0.717) is 23.0 Å². The van der Waals surface area contributed by atoms with Crippen molar-refractivity contribution in [1.82, 2.24) is 0 Å². The maximum atomic E-state index is 6.99. The second-order valence-electron chi connectivity index (χ2n) is 8.98. The van der Waals surface area contributed by atoms with E-state index < -0.39 is 18.3 Å². The van der Waals surface area contributed by atoms with Gasteiger partial charge in [-0.3, -0.25) is 0 Å². The van der Waals surface area contributed by atoms with Crippen LogP contribution in [0.2, 0.25) is 16.6 Å². The summed E-state index contributed by atoms with van der Waals surface area (Å²) >= 11 is 13.2. The number of allylic oxidation sites excluding steroid dienone is 1. The van der Waals surface area contributed by atoms with Crippen molar-refractivity contribution in [2.75, 3.05) is 7.11 Å². The molecule has 1 fully saturated rings. The zero-order valence-electron chi connectivity index (χ0n) is 18.4. The SMILES string of the molecule is COc1cccc(CC/C=C/C2(O[Si](C(C)C)(C(C)C)C(C)C)CC2(Cl)Cl)c1. The van der Waals surface area contributed by atoms with E-state index in [2.05, 4.69) is 65.8 Å². The summed E-state index contributed by atoms with van der Waals surface area (Å²) in [4.78, 5) is 0. The molecule has 0 amide bonds. The van der Waals surface area contributed by atoms with Crippen LogP contribution in [0.3, 0.4) is 0 Å². The molecule has 1 aromatic rings. The number of rotatable bonds is 10. The van der Waals surface area contributed by atoms with Crippen LogP contribution in [0.4, 0.5) is 0 Å². The maximum Gasteiger partial charge on any atom is 0.201 e. The summed E-state index contributed by atoms with van der Waals surface area (Å²) in [6, 6.07) is 8.20. The van der Waals surface area contributed by atoms with Crippen molar-refractivity contribution < 1.29 is 9.16 Å². The topological polar surface area (TPSA) is 18.5 Å². The van der Waals surface area contributed by atoms with Crippen molar-refractivity contribution in [3.8, 4) is 5.75 Å². The first kappa shape index (κ1) is 23.8. The second-order valence-corrected chi connectivity index (χ2v) is 15.8. The largest absolute Gasteiger partial charge is 0.497 e. The van der Waals surface area contributed by atoms with Gasteiger partial charge in [0.2, 0.25) is 8.32 Å². The van der Waals surface area contributed by atoms with Gasteiger partial charge in [-0.1, -0.05) is 89.0 Å². The fourth-order valence-corrected chi connectivity index (χ4v) is 11.0. The lowest BCUT2D eigenvalue weighted by Gasteiger charge is -2.44. The highest BCUT2D eigenvalue weighted by molar-refractivity contribution is 6.78. The van der Waals surface area contributed by atoms with Crippen LogP contribution >= 0.6 is 23.2 Å². The molecule has 0 aliphatic heterocycles. The number of methoxy groups -OCH3 is 1. The summed E-state index contributed by atoms with van der Waals surface area (Å²) in [6.07, 6.45) is 6.86. The zero-order valence-corrected chi connectivity index (χ0v) is 20.9. The third-order valence-corrected chi connectivity index (χ3v) is 13.2. The minimum absolute atomic E-state index is 0.499. The Morgan fingerprint density at radius 1 is 1.07 bits per heavy atom. The molecule has 2 nitrogen and oxygen atoms in total. The summed E-state index contributed by atoms with van der Waals surface area (Å²) in [6.45, 7) is 13.7. The Bertz CT molecular complexity index is 663. The molecule has 0 aromatic heterocycles. The van der Waals surface area contributed by atoms with Gasteiger partial charge in [-0.2, -0.15) is 0 Å². The third-order valence-electron chi connectivity index (χ3n) is 6.17. The average molecular weight is 444 g/mol. The normalized spacial score (nSPS) is 21.9. The maximum absolute atomic E-state index is 6.99. The van der Waals surface area contributed by atoms with Crippen LogP contribution < -0.4 is 4.74 Å². The van der Waals surface area contributed by atoms with Gasteiger partial charge in [-0.25, -0.2) is 0 Å². The Hall–Kier alpha value is -0.483. The van der Waals surface area contributed by atoms with E-state index in [1.807, 2.05) is 12.1 Å². The molecule has 158 valence electrons. The van der Waals surface area contributed by atoms with Crippen LogP contribution in [0, 0.1) is 0 Å². The first-order valence-electron chi connectivity index (χ1n) is 10.4. The van der Waals surface area contributed by atoms with Crippen molar-refractivity contribution in [2.45, 2.75) is 87.4 Å². The van der Waals surface area contributed by atoms with E-state index in [9.17, 15) is 0 Å². The molecule has 0 radical (unpaired) electrons. The minimum Gasteiger partial charge on any atom is -0.497 e. The molecule has 1 aromatic carbocycles. The van der Waals surface area contributed by atoms with Crippen molar-refractivity contribution in [3.63, 3.8) is 0 Å². The van der Waals surface area contributed by atoms with Crippen molar-refractivity contribution in [2.24, 2.45) is 0 Å². The molecule has 0 heterocycles. The van der Waals surface area contributed by atoms with E-state index in [1.165, 1.54) is 5.56 Å². The lowest BCUT2D eigenvalue weighted by Crippen LogP contribution is -2.51. The highest BCUT2D eigenvalue weighted by Gasteiger charge is 2.69. The minimum atomic E-state index is -2.06. The molecule has 0 bridgehead atoms. The number of alkyl halides is 2. The summed E-state index contributed by atoms with van der Waals surface area (Å²) in [5.41, 5.74) is 2.21. The Morgan fingerprint density at radius 2 is 1.64 bits per heavy atom. The molecule has 1 saturated carbocycles. The Morgan fingerprint density at radius 3 is 2.11 bits per heavy atom. The van der Waals surface area contributed by atoms with Crippen LogP contribution in [0.25, 0.3) is 0 Å². The Kier molecular flexibility index (Phi) is 7.75. The van der Waals surface area contributed by atoms with E-state index in [0.717, 1.165) is 18.6 Å². The molecule has 0 spiro atoms. The Labute approximate surface area is 182 Å². The van der Waals surface area contributed by atoms with Crippen LogP contribution in [-0.4, -0.2) is 25.4 Å². The molecule has 1 aliphatic rings. The first-order valence-corrected chi connectivity index (χ1v) is 13.3. The summed E-state index contributed by atoms with van der Waals surface area (Å²) in [5.74, 6) is 0.894. The van der Waals surface area contributed by atoms with E-state index >= 15 is 0 Å². The quantitative estimate of drug-likeness (QED) is 0.210. The average Bonchev–Trinajstić information content (AvgIpc) is 3.16. The molecule has 1 aliphatic carbocycles. The second kappa shape index (κ2) is 9.12. The predicted octanol–water partition coefficient (Wildman–Crippen LogP) is 7.69.